The molecule has 0 unspecified atom stereocenters. The lowest BCUT2D eigenvalue weighted by molar-refractivity contribution is -0.141. The molecule has 1 saturated carbocycles. The molecule has 0 aromatic heterocycles. The Bertz CT molecular complexity index is 354. The van der Waals surface area contributed by atoms with E-state index in [0.717, 1.165) is 13.0 Å². The average Bonchev–Trinajstić information content (AvgIpc) is 2.46. The number of esters is 1. The molecule has 2 fully saturated rings. The Kier molecular flexibility index (Phi) is 5.44. The quantitative estimate of drug-likeness (QED) is 0.744. The van der Waals surface area contributed by atoms with Gasteiger partial charge in [0.1, 0.15) is 0 Å². The molecule has 4 nitrogen and oxygen atoms in total. The monoisotopic (exact) mass is 281 g/mol. The fourth-order valence-corrected chi connectivity index (χ4v) is 3.98. The van der Waals surface area contributed by atoms with Gasteiger partial charge in [0, 0.05) is 25.4 Å². The maximum absolute atomic E-state index is 12.4. The summed E-state index contributed by atoms with van der Waals surface area (Å²) in [5.41, 5.74) is 0. The molecular formula is C16H27NO3. The average molecular weight is 281 g/mol. The van der Waals surface area contributed by atoms with Gasteiger partial charge in [-0.25, -0.2) is 0 Å². The summed E-state index contributed by atoms with van der Waals surface area (Å²) in [6.45, 7) is 3.19. The number of nitrogens with zero attached hydrogens (tertiary/aromatic N) is 1. The lowest BCUT2D eigenvalue weighted by atomic mass is 9.73. The van der Waals surface area contributed by atoms with Crippen molar-refractivity contribution >= 4 is 11.9 Å². The standard InChI is InChI=1S/C16H27NO3/c1-12-6-3-7-13-8-5-11-17(16(12)13)14(18)9-4-10-15(19)20-2/h12-13,16H,3-11H2,1-2H3/t12-,13+,16-/m1/s1. The fourth-order valence-electron chi connectivity index (χ4n) is 3.98. The molecule has 1 heterocycles. The molecule has 20 heavy (non-hydrogen) atoms. The second kappa shape index (κ2) is 7.09. The summed E-state index contributed by atoms with van der Waals surface area (Å²) in [4.78, 5) is 25.7. The molecule has 0 radical (unpaired) electrons. The highest BCUT2D eigenvalue weighted by molar-refractivity contribution is 5.77. The van der Waals surface area contributed by atoms with Gasteiger partial charge in [-0.1, -0.05) is 13.3 Å². The lowest BCUT2D eigenvalue weighted by Crippen LogP contribution is -2.53. The van der Waals surface area contributed by atoms with Crippen LogP contribution in [-0.2, 0) is 14.3 Å². The van der Waals surface area contributed by atoms with Crippen LogP contribution in [-0.4, -0.2) is 36.5 Å². The SMILES string of the molecule is COC(=O)CCCC(=O)N1CCC[C@@H]2CCC[C@@H](C)[C@H]21. The Morgan fingerprint density at radius 1 is 1.15 bits per heavy atom. The van der Waals surface area contributed by atoms with Crippen LogP contribution in [0.1, 0.15) is 58.3 Å². The van der Waals surface area contributed by atoms with E-state index in [1.165, 1.54) is 32.8 Å². The number of piperidine rings is 1. The van der Waals surface area contributed by atoms with Gasteiger partial charge in [0.15, 0.2) is 0 Å². The molecule has 1 amide bonds. The Morgan fingerprint density at radius 3 is 2.65 bits per heavy atom. The molecule has 1 aliphatic carbocycles. The van der Waals surface area contributed by atoms with Gasteiger partial charge in [0.2, 0.25) is 5.91 Å². The molecule has 114 valence electrons. The van der Waals surface area contributed by atoms with Crippen molar-refractivity contribution in [3.8, 4) is 0 Å². The molecule has 0 aromatic carbocycles. The number of likely N-dealkylation sites (tertiary alicyclic amines) is 1. The Balaban J connectivity index is 1.88. The first-order valence-electron chi connectivity index (χ1n) is 7.99. The molecule has 0 aromatic rings. The largest absolute Gasteiger partial charge is 0.469 e. The van der Waals surface area contributed by atoms with Crippen LogP contribution in [0, 0.1) is 11.8 Å². The third-order valence-electron chi connectivity index (χ3n) is 4.95. The van der Waals surface area contributed by atoms with Gasteiger partial charge < -0.3 is 9.64 Å². The minimum Gasteiger partial charge on any atom is -0.469 e. The number of fused-ring (bicyclic) bond motifs is 1. The molecule has 2 rings (SSSR count). The maximum Gasteiger partial charge on any atom is 0.305 e. The van der Waals surface area contributed by atoms with E-state index in [1.54, 1.807) is 0 Å². The third kappa shape index (κ3) is 3.53. The van der Waals surface area contributed by atoms with Crippen LogP contribution in [0.15, 0.2) is 0 Å². The zero-order valence-corrected chi connectivity index (χ0v) is 12.8. The van der Waals surface area contributed by atoms with Crippen LogP contribution in [0.25, 0.3) is 0 Å². The van der Waals surface area contributed by atoms with E-state index in [1.807, 2.05) is 0 Å². The van der Waals surface area contributed by atoms with Crippen molar-refractivity contribution in [1.29, 1.82) is 0 Å². The van der Waals surface area contributed by atoms with Gasteiger partial charge in [-0.15, -0.1) is 0 Å². The number of carbonyl (C=O) groups is 2. The molecule has 0 spiro atoms. The number of rotatable bonds is 4. The smallest absolute Gasteiger partial charge is 0.305 e. The molecule has 0 N–H and O–H groups in total. The van der Waals surface area contributed by atoms with E-state index in [0.29, 0.717) is 37.1 Å². The third-order valence-corrected chi connectivity index (χ3v) is 4.95. The Morgan fingerprint density at radius 2 is 1.90 bits per heavy atom. The Labute approximate surface area is 121 Å². The first kappa shape index (κ1) is 15.3. The van der Waals surface area contributed by atoms with Crippen molar-refractivity contribution < 1.29 is 14.3 Å². The highest BCUT2D eigenvalue weighted by atomic mass is 16.5. The van der Waals surface area contributed by atoms with Crippen LogP contribution in [0.3, 0.4) is 0 Å². The van der Waals surface area contributed by atoms with Gasteiger partial charge in [0.25, 0.3) is 0 Å². The summed E-state index contributed by atoms with van der Waals surface area (Å²) in [6.07, 6.45) is 7.68. The van der Waals surface area contributed by atoms with Crippen molar-refractivity contribution in [1.82, 2.24) is 4.90 Å². The van der Waals surface area contributed by atoms with Gasteiger partial charge in [-0.05, 0) is 43.9 Å². The molecular weight excluding hydrogens is 254 g/mol. The summed E-state index contributed by atoms with van der Waals surface area (Å²) in [5, 5.41) is 0. The molecule has 2 aliphatic rings. The number of ether oxygens (including phenoxy) is 1. The number of carbonyl (C=O) groups excluding carboxylic acids is 2. The van der Waals surface area contributed by atoms with Gasteiger partial charge in [-0.3, -0.25) is 9.59 Å². The van der Waals surface area contributed by atoms with E-state index in [4.69, 9.17) is 0 Å². The summed E-state index contributed by atoms with van der Waals surface area (Å²) in [6, 6.07) is 0.447. The van der Waals surface area contributed by atoms with Crippen LogP contribution in [0.4, 0.5) is 0 Å². The van der Waals surface area contributed by atoms with Crippen LogP contribution < -0.4 is 0 Å². The molecule has 0 bridgehead atoms. The van der Waals surface area contributed by atoms with Crippen molar-refractivity contribution in [3.05, 3.63) is 0 Å². The van der Waals surface area contributed by atoms with E-state index in [2.05, 4.69) is 16.6 Å². The Hall–Kier alpha value is -1.06. The second-order valence-electron chi connectivity index (χ2n) is 6.32. The van der Waals surface area contributed by atoms with Crippen molar-refractivity contribution in [2.75, 3.05) is 13.7 Å². The fraction of sp³-hybridized carbons (Fsp3) is 0.875. The zero-order chi connectivity index (χ0) is 14.5. The molecule has 4 heteroatoms. The number of methoxy groups -OCH3 is 1. The number of amides is 1. The predicted molar refractivity (Wildman–Crippen MR) is 77.1 cm³/mol. The minimum atomic E-state index is -0.222. The molecule has 3 atom stereocenters. The highest BCUT2D eigenvalue weighted by Crippen LogP contribution is 2.38. The number of hydrogen-bond donors (Lipinski definition) is 0. The maximum atomic E-state index is 12.4. The first-order chi connectivity index (χ1) is 9.63. The van der Waals surface area contributed by atoms with E-state index in [-0.39, 0.29) is 11.9 Å². The van der Waals surface area contributed by atoms with E-state index >= 15 is 0 Å². The minimum absolute atomic E-state index is 0.222. The summed E-state index contributed by atoms with van der Waals surface area (Å²) < 4.78 is 4.62. The van der Waals surface area contributed by atoms with E-state index < -0.39 is 0 Å². The van der Waals surface area contributed by atoms with Crippen molar-refractivity contribution in [3.63, 3.8) is 0 Å². The highest BCUT2D eigenvalue weighted by Gasteiger charge is 2.39. The van der Waals surface area contributed by atoms with Gasteiger partial charge in [0.05, 0.1) is 7.11 Å². The van der Waals surface area contributed by atoms with Crippen molar-refractivity contribution in [2.24, 2.45) is 11.8 Å². The summed E-state index contributed by atoms with van der Waals surface area (Å²) in [7, 11) is 1.39. The zero-order valence-electron chi connectivity index (χ0n) is 12.8. The molecule has 1 saturated heterocycles. The van der Waals surface area contributed by atoms with Gasteiger partial charge >= 0.3 is 5.97 Å². The normalized spacial score (nSPS) is 29.7. The first-order valence-corrected chi connectivity index (χ1v) is 7.99. The number of hydrogen-bond acceptors (Lipinski definition) is 3. The summed E-state index contributed by atoms with van der Waals surface area (Å²) in [5.74, 6) is 1.34. The van der Waals surface area contributed by atoms with Crippen LogP contribution >= 0.6 is 0 Å². The van der Waals surface area contributed by atoms with Gasteiger partial charge in [-0.2, -0.15) is 0 Å². The lowest BCUT2D eigenvalue weighted by Gasteiger charge is -2.47. The van der Waals surface area contributed by atoms with E-state index in [9.17, 15) is 9.59 Å². The topological polar surface area (TPSA) is 46.6 Å². The molecule has 1 aliphatic heterocycles. The van der Waals surface area contributed by atoms with Crippen molar-refractivity contribution in [2.45, 2.75) is 64.3 Å². The van der Waals surface area contributed by atoms with Crippen LogP contribution in [0.5, 0.6) is 0 Å². The summed E-state index contributed by atoms with van der Waals surface area (Å²) >= 11 is 0. The van der Waals surface area contributed by atoms with Crippen LogP contribution in [0.2, 0.25) is 0 Å². The second-order valence-corrected chi connectivity index (χ2v) is 6.32. The predicted octanol–water partition coefficient (Wildman–Crippen LogP) is 2.76.